The molecular weight excluding hydrogens is 721 g/mol. The molecule has 11 nitrogen and oxygen atoms in total. The van der Waals surface area contributed by atoms with E-state index in [9.17, 15) is 19.8 Å². The zero-order valence-electron chi connectivity index (χ0n) is 33.0. The molecule has 0 spiro atoms. The molecule has 0 fully saturated rings. The van der Waals surface area contributed by atoms with Crippen molar-refractivity contribution in [3.05, 3.63) is 125 Å². The van der Waals surface area contributed by atoms with Crippen LogP contribution in [-0.2, 0) is 25.4 Å². The lowest BCUT2D eigenvalue weighted by molar-refractivity contribution is -0.0462. The minimum atomic E-state index is -0.873. The number of rotatable bonds is 7. The number of hydrogen-bond donors (Lipinski definition) is 2. The first-order chi connectivity index (χ1) is 26.2. The number of ether oxygens (including phenoxy) is 4. The van der Waals surface area contributed by atoms with E-state index in [4.69, 9.17) is 23.4 Å². The quantitative estimate of drug-likeness (QED) is 0.206. The predicted molar refractivity (Wildman–Crippen MR) is 215 cm³/mol. The summed E-state index contributed by atoms with van der Waals surface area (Å²) < 4.78 is 28.8. The fraction of sp³-hybridized carbons (Fsp3) is 0.442. The largest absolute Gasteiger partial charge is 0.495 e. The van der Waals surface area contributed by atoms with Gasteiger partial charge in [-0.2, -0.15) is 0 Å². The predicted octanol–water partition coefficient (Wildman–Crippen LogP) is 8.32. The van der Waals surface area contributed by atoms with E-state index in [1.54, 1.807) is 67.4 Å². The van der Waals surface area contributed by atoms with Gasteiger partial charge in [0.05, 0.1) is 29.6 Å². The molecule has 2 aromatic rings. The smallest absolute Gasteiger partial charge is 0.360 e. The summed E-state index contributed by atoms with van der Waals surface area (Å²) in [5.41, 5.74) is -1.47. The highest BCUT2D eigenvalue weighted by Crippen LogP contribution is 2.33. The number of thiazole rings is 1. The van der Waals surface area contributed by atoms with Crippen molar-refractivity contribution in [2.24, 2.45) is 10.8 Å². The number of carbonyl (C=O) groups is 2. The van der Waals surface area contributed by atoms with E-state index in [1.165, 1.54) is 17.6 Å². The van der Waals surface area contributed by atoms with Crippen LogP contribution < -0.4 is 0 Å². The van der Waals surface area contributed by atoms with Crippen LogP contribution in [0.2, 0.25) is 0 Å². The Balaban J connectivity index is 1.90. The molecule has 0 unspecified atom stereocenters. The van der Waals surface area contributed by atoms with Crippen LogP contribution in [0.3, 0.4) is 0 Å². The number of fused-ring (bicyclic) bond motifs is 4. The van der Waals surface area contributed by atoms with Gasteiger partial charge in [-0.25, -0.2) is 19.6 Å². The Hall–Kier alpha value is -4.62. The van der Waals surface area contributed by atoms with Crippen LogP contribution in [0.15, 0.2) is 107 Å². The van der Waals surface area contributed by atoms with Gasteiger partial charge < -0.3 is 33.6 Å². The maximum atomic E-state index is 13.4. The zero-order chi connectivity index (χ0) is 40.4. The standard InChI is InChI=1S/C43H56N2O9S/c1-9-19-34(46)42(4,5)36-23-15-13-11-12-14-22-31(50-8)27-39-45-33(29-55-39)41(49)54-37(43(6,7)35(47)20-10-2)24-18-26-51-30(3)21-16-17-25-38-44-32(28-52-38)40(48)53-36/h9-22,25-26,28-31,34-37,46-47H,23-24,27H2,1-8H3/b12-11-,15-13-,19-9+,20-10+,21-16+,22-14+,25-17-,26-18-/t30-,31+,34+,35+,36+,37+/m1/s1. The molecule has 298 valence electrons. The number of nitrogens with zero attached hydrogens (tertiary/aromatic N) is 2. The van der Waals surface area contributed by atoms with E-state index in [-0.39, 0.29) is 35.9 Å². The Labute approximate surface area is 329 Å². The number of methoxy groups -OCH3 is 1. The van der Waals surface area contributed by atoms with Crippen LogP contribution in [-0.4, -0.2) is 75.9 Å². The molecule has 2 N–H and O–H groups in total. The van der Waals surface area contributed by atoms with Crippen LogP contribution in [0, 0.1) is 10.8 Å². The summed E-state index contributed by atoms with van der Waals surface area (Å²) in [5.74, 6) is -1.04. The van der Waals surface area contributed by atoms with Gasteiger partial charge >= 0.3 is 11.9 Å². The number of aliphatic hydroxyl groups is 2. The van der Waals surface area contributed by atoms with Crippen LogP contribution in [0.25, 0.3) is 6.08 Å². The molecule has 0 aromatic carbocycles. The van der Waals surface area contributed by atoms with E-state index in [2.05, 4.69) is 9.97 Å². The Kier molecular flexibility index (Phi) is 18.0. The number of aliphatic hydroxyl groups excluding tert-OH is 2. The highest BCUT2D eigenvalue weighted by Gasteiger charge is 2.39. The molecule has 0 amide bonds. The number of cyclic esters (lactones) is 2. The van der Waals surface area contributed by atoms with Crippen molar-refractivity contribution in [3.63, 3.8) is 0 Å². The number of oxazole rings is 1. The molecule has 0 aliphatic carbocycles. The third kappa shape index (κ3) is 13.9. The number of hydrogen-bond acceptors (Lipinski definition) is 12. The summed E-state index contributed by atoms with van der Waals surface area (Å²) in [6.45, 7) is 12.9. The topological polar surface area (TPSA) is 150 Å². The summed E-state index contributed by atoms with van der Waals surface area (Å²) in [4.78, 5) is 35.4. The maximum absolute atomic E-state index is 13.4. The molecular formula is C43H56N2O9S. The van der Waals surface area contributed by atoms with Crippen molar-refractivity contribution in [1.29, 1.82) is 0 Å². The van der Waals surface area contributed by atoms with Crippen molar-refractivity contribution in [2.45, 2.75) is 104 Å². The fourth-order valence-electron chi connectivity index (χ4n) is 5.35. The number of aromatic nitrogens is 2. The third-order valence-corrected chi connectivity index (χ3v) is 10.1. The van der Waals surface area contributed by atoms with Crippen LogP contribution in [0.4, 0.5) is 0 Å². The maximum Gasteiger partial charge on any atom is 0.360 e. The second-order valence-corrected chi connectivity index (χ2v) is 15.1. The van der Waals surface area contributed by atoms with E-state index < -0.39 is 47.2 Å². The lowest BCUT2D eigenvalue weighted by atomic mass is 9.79. The number of allylic oxidation sites excluding steroid dienone is 8. The summed E-state index contributed by atoms with van der Waals surface area (Å²) in [6, 6.07) is 0. The van der Waals surface area contributed by atoms with Gasteiger partial charge in [-0.15, -0.1) is 11.3 Å². The highest BCUT2D eigenvalue weighted by molar-refractivity contribution is 7.09. The molecule has 1 aliphatic rings. The third-order valence-electron chi connectivity index (χ3n) is 9.22. The second-order valence-electron chi connectivity index (χ2n) is 14.2. The molecule has 0 radical (unpaired) electrons. The van der Waals surface area contributed by atoms with Crippen molar-refractivity contribution in [2.75, 3.05) is 7.11 Å². The Morgan fingerprint density at radius 2 is 1.44 bits per heavy atom. The summed E-state index contributed by atoms with van der Waals surface area (Å²) in [6.07, 6.45) is 26.7. The lowest BCUT2D eigenvalue weighted by Gasteiger charge is -2.36. The Morgan fingerprint density at radius 3 is 2.07 bits per heavy atom. The molecule has 3 heterocycles. The molecule has 1 aliphatic heterocycles. The van der Waals surface area contributed by atoms with E-state index in [0.717, 1.165) is 0 Å². The first-order valence-corrected chi connectivity index (χ1v) is 19.2. The molecule has 2 aromatic heterocycles. The van der Waals surface area contributed by atoms with Crippen molar-refractivity contribution < 1.29 is 43.2 Å². The van der Waals surface area contributed by atoms with Gasteiger partial charge in [0.15, 0.2) is 11.4 Å². The van der Waals surface area contributed by atoms with Crippen LogP contribution >= 0.6 is 11.3 Å². The fourth-order valence-corrected chi connectivity index (χ4v) is 6.15. The minimum Gasteiger partial charge on any atom is -0.495 e. The summed E-state index contributed by atoms with van der Waals surface area (Å²) in [5, 5.41) is 24.2. The molecule has 0 saturated heterocycles. The van der Waals surface area contributed by atoms with E-state index in [0.29, 0.717) is 17.8 Å². The number of esters is 2. The molecule has 12 heteroatoms. The van der Waals surface area contributed by atoms with Gasteiger partial charge in [0.25, 0.3) is 0 Å². The average Bonchev–Trinajstić information content (AvgIpc) is 3.83. The molecule has 6 atom stereocenters. The molecule has 0 saturated carbocycles. The van der Waals surface area contributed by atoms with Gasteiger partial charge in [-0.05, 0) is 32.9 Å². The molecule has 3 rings (SSSR count). The van der Waals surface area contributed by atoms with Gasteiger partial charge in [0.2, 0.25) is 5.89 Å². The monoisotopic (exact) mass is 776 g/mol. The molecule has 55 heavy (non-hydrogen) atoms. The van der Waals surface area contributed by atoms with Crippen molar-refractivity contribution in [1.82, 2.24) is 9.97 Å². The second kappa shape index (κ2) is 22.1. The first-order valence-electron chi connectivity index (χ1n) is 18.3. The highest BCUT2D eigenvalue weighted by atomic mass is 32.1. The summed E-state index contributed by atoms with van der Waals surface area (Å²) >= 11 is 1.34. The van der Waals surface area contributed by atoms with Gasteiger partial charge in [-0.3, -0.25) is 0 Å². The average molecular weight is 777 g/mol. The first kappa shape index (κ1) is 44.8. The van der Waals surface area contributed by atoms with Gasteiger partial charge in [-0.1, -0.05) is 101 Å². The van der Waals surface area contributed by atoms with E-state index in [1.807, 2.05) is 91.0 Å². The van der Waals surface area contributed by atoms with Crippen LogP contribution in [0.1, 0.15) is 93.2 Å². The Morgan fingerprint density at radius 1 is 0.836 bits per heavy atom. The lowest BCUT2D eigenvalue weighted by Crippen LogP contribution is -2.42. The van der Waals surface area contributed by atoms with Crippen molar-refractivity contribution in [3.8, 4) is 0 Å². The molecule has 4 bridgehead atoms. The minimum absolute atomic E-state index is 0.00697. The van der Waals surface area contributed by atoms with E-state index >= 15 is 0 Å². The van der Waals surface area contributed by atoms with Gasteiger partial charge in [0, 0.05) is 48.7 Å². The van der Waals surface area contributed by atoms with Gasteiger partial charge in [0.1, 0.15) is 24.6 Å². The zero-order valence-corrected chi connectivity index (χ0v) is 33.8. The van der Waals surface area contributed by atoms with Crippen molar-refractivity contribution >= 4 is 29.4 Å². The summed E-state index contributed by atoms with van der Waals surface area (Å²) in [7, 11) is 1.60. The normalized spacial score (nSPS) is 26.2. The Bertz CT molecular complexity index is 1760. The van der Waals surface area contributed by atoms with Crippen LogP contribution in [0.5, 0.6) is 0 Å². The number of carbonyl (C=O) groups excluding carboxylic acids is 2. The SMILES string of the molecule is C/C=C/[C@H](O)C(C)(C)[C@@H]1C\C=C/C=C\C=C\[C@H](OC)Cc2nc(cs2)C(=O)O[C@H](C(C)(C)[C@@H](O)/C=C/C)C/C=C\O[C@H](C)/C=C/C=C\c2nc(co2)C(=O)O1.